The van der Waals surface area contributed by atoms with Gasteiger partial charge in [-0.05, 0) is 30.0 Å². The third kappa shape index (κ3) is 4.73. The van der Waals surface area contributed by atoms with Crippen LogP contribution in [0.2, 0.25) is 0 Å². The first-order valence-corrected chi connectivity index (χ1v) is 8.91. The third-order valence-corrected chi connectivity index (χ3v) is 4.62. The second-order valence-electron chi connectivity index (χ2n) is 6.69. The zero-order valence-electron chi connectivity index (χ0n) is 15.7. The van der Waals surface area contributed by atoms with Gasteiger partial charge in [0.05, 0.1) is 25.0 Å². The number of morpholine rings is 1. The van der Waals surface area contributed by atoms with Crippen LogP contribution in [0, 0.1) is 0 Å². The minimum Gasteiger partial charge on any atom is -0.397 e. The van der Waals surface area contributed by atoms with Crippen LogP contribution >= 0.6 is 0 Å². The van der Waals surface area contributed by atoms with Crippen molar-refractivity contribution in [1.82, 2.24) is 14.9 Å². The van der Waals surface area contributed by atoms with Gasteiger partial charge in [0.25, 0.3) is 0 Å². The summed E-state index contributed by atoms with van der Waals surface area (Å²) in [6.45, 7) is 4.71. The van der Waals surface area contributed by atoms with Crippen LogP contribution in [0.1, 0.15) is 12.5 Å². The van der Waals surface area contributed by atoms with Crippen molar-refractivity contribution in [2.75, 3.05) is 38.7 Å². The molecule has 0 aliphatic carbocycles. The monoisotopic (exact) mass is 370 g/mol. The molecule has 5 N–H and O–H groups in total. The number of nitrogens with two attached hydrogens (primary N) is 2. The predicted molar refractivity (Wildman–Crippen MR) is 106 cm³/mol. The molecule has 8 heteroatoms. The molecule has 144 valence electrons. The number of carbonyl (C=O) groups is 1. The number of carbonyl (C=O) groups excluding carboxylic acids is 1. The predicted octanol–water partition coefficient (Wildman–Crippen LogP) is 0.957. The van der Waals surface area contributed by atoms with Gasteiger partial charge in [0.2, 0.25) is 5.91 Å². The van der Waals surface area contributed by atoms with E-state index >= 15 is 0 Å². The lowest BCUT2D eigenvalue weighted by molar-refractivity contribution is -0.122. The topological polar surface area (TPSA) is 110 Å². The number of benzene rings is 1. The van der Waals surface area contributed by atoms with Crippen molar-refractivity contribution in [3.63, 3.8) is 0 Å². The number of hydrogen-bond acceptors (Lipinski definition) is 7. The van der Waals surface area contributed by atoms with Crippen LogP contribution in [0.3, 0.4) is 0 Å². The number of nitrogens with one attached hydrogen (secondary N) is 1. The molecule has 0 bridgehead atoms. The van der Waals surface area contributed by atoms with Crippen LogP contribution in [0.25, 0.3) is 16.5 Å². The largest absolute Gasteiger partial charge is 0.397 e. The van der Waals surface area contributed by atoms with E-state index in [4.69, 9.17) is 16.3 Å². The number of pyridine rings is 1. The maximum absolute atomic E-state index is 12.6. The highest BCUT2D eigenvalue weighted by Gasteiger charge is 2.23. The van der Waals surface area contributed by atoms with E-state index in [0.717, 1.165) is 29.4 Å². The van der Waals surface area contributed by atoms with Crippen LogP contribution in [0.4, 0.5) is 5.82 Å². The summed E-state index contributed by atoms with van der Waals surface area (Å²) >= 11 is 0. The lowest BCUT2D eigenvalue weighted by atomic mass is 10.1. The Kier molecular flexibility index (Phi) is 5.90. The molecule has 0 spiro atoms. The van der Waals surface area contributed by atoms with Crippen LogP contribution in [-0.2, 0) is 9.53 Å². The molecule has 1 aromatic heterocycles. The van der Waals surface area contributed by atoms with Gasteiger partial charge in [-0.2, -0.15) is 0 Å². The van der Waals surface area contributed by atoms with E-state index < -0.39 is 0 Å². The molecule has 1 amide bonds. The molecule has 8 nitrogen and oxygen atoms in total. The Bertz CT molecular complexity index is 845. The van der Waals surface area contributed by atoms with E-state index in [2.05, 4.69) is 15.2 Å². The first kappa shape index (κ1) is 19.1. The van der Waals surface area contributed by atoms with Gasteiger partial charge in [0, 0.05) is 37.9 Å². The highest BCUT2D eigenvalue weighted by atomic mass is 16.5. The van der Waals surface area contributed by atoms with Crippen molar-refractivity contribution in [3.8, 4) is 0 Å². The zero-order valence-corrected chi connectivity index (χ0v) is 15.7. The van der Waals surface area contributed by atoms with Crippen LogP contribution in [0.15, 0.2) is 36.7 Å². The van der Waals surface area contributed by atoms with Gasteiger partial charge in [-0.3, -0.25) is 9.69 Å². The summed E-state index contributed by atoms with van der Waals surface area (Å²) < 4.78 is 5.34. The Morgan fingerprint density at radius 1 is 1.33 bits per heavy atom. The molecule has 0 radical (unpaired) electrons. The molecule has 0 saturated carbocycles. The lowest BCUT2D eigenvalue weighted by Gasteiger charge is -2.31. The number of amides is 1. The molecule has 27 heavy (non-hydrogen) atoms. The maximum atomic E-state index is 12.6. The Balaban J connectivity index is 1.77. The highest BCUT2D eigenvalue weighted by Crippen LogP contribution is 2.21. The molecule has 1 aliphatic rings. The van der Waals surface area contributed by atoms with Gasteiger partial charge in [-0.15, -0.1) is 0 Å². The number of nitrogens with zero attached hydrogens (tertiary/aromatic N) is 3. The Labute approximate surface area is 158 Å². The fourth-order valence-electron chi connectivity index (χ4n) is 3.04. The van der Waals surface area contributed by atoms with E-state index in [0.29, 0.717) is 24.7 Å². The summed E-state index contributed by atoms with van der Waals surface area (Å²) in [6.07, 6.45) is 3.39. The summed E-state index contributed by atoms with van der Waals surface area (Å²) in [4.78, 5) is 19.0. The summed E-state index contributed by atoms with van der Waals surface area (Å²) in [7, 11) is 1.71. The van der Waals surface area contributed by atoms with E-state index in [1.165, 1.54) is 5.01 Å². The summed E-state index contributed by atoms with van der Waals surface area (Å²) in [5.41, 5.74) is 7.48. The first-order valence-electron chi connectivity index (χ1n) is 8.91. The molecule has 1 fully saturated rings. The van der Waals surface area contributed by atoms with Gasteiger partial charge in [-0.1, -0.05) is 12.1 Å². The van der Waals surface area contributed by atoms with Gasteiger partial charge < -0.3 is 20.8 Å². The molecule has 1 aliphatic heterocycles. The SMILES string of the molecule is C[C@@H](C(=O)Nc1cc2cc(/C(N)=C/N(C)N)ccc2cn1)N1CCOCC1. The minimum absolute atomic E-state index is 0.0796. The minimum atomic E-state index is -0.239. The number of anilines is 1. The number of rotatable bonds is 5. The zero-order chi connectivity index (χ0) is 19.4. The maximum Gasteiger partial charge on any atom is 0.242 e. The quantitative estimate of drug-likeness (QED) is 0.531. The molecule has 1 saturated heterocycles. The molecule has 2 aromatic rings. The van der Waals surface area contributed by atoms with Crippen LogP contribution in [-0.4, -0.2) is 60.2 Å². The molecular formula is C19H26N6O2. The normalized spacial score (nSPS) is 16.9. The first-order chi connectivity index (χ1) is 12.9. The smallest absolute Gasteiger partial charge is 0.242 e. The average molecular weight is 370 g/mol. The van der Waals surface area contributed by atoms with Crippen LogP contribution < -0.4 is 16.9 Å². The van der Waals surface area contributed by atoms with Crippen LogP contribution in [0.5, 0.6) is 0 Å². The van der Waals surface area contributed by atoms with E-state index in [9.17, 15) is 4.79 Å². The van der Waals surface area contributed by atoms with Gasteiger partial charge in [0.15, 0.2) is 0 Å². The molecular weight excluding hydrogens is 344 g/mol. The van der Waals surface area contributed by atoms with Crippen molar-refractivity contribution in [1.29, 1.82) is 0 Å². The number of hydrogen-bond donors (Lipinski definition) is 3. The Hall–Kier alpha value is -2.68. The average Bonchev–Trinajstić information content (AvgIpc) is 2.67. The molecule has 2 heterocycles. The molecule has 1 atom stereocenters. The number of hydrazine groups is 1. The van der Waals surface area contributed by atoms with Crippen molar-refractivity contribution >= 4 is 28.2 Å². The summed E-state index contributed by atoms with van der Waals surface area (Å²) in [5.74, 6) is 6.06. The second kappa shape index (κ2) is 8.34. The number of ether oxygens (including phenoxy) is 1. The third-order valence-electron chi connectivity index (χ3n) is 4.62. The van der Waals surface area contributed by atoms with Crippen molar-refractivity contribution in [2.24, 2.45) is 11.6 Å². The summed E-state index contributed by atoms with van der Waals surface area (Å²) in [6, 6.07) is 7.42. The number of fused-ring (bicyclic) bond motifs is 1. The van der Waals surface area contributed by atoms with E-state index in [-0.39, 0.29) is 11.9 Å². The van der Waals surface area contributed by atoms with E-state index in [1.807, 2.05) is 31.2 Å². The fraction of sp³-hybridized carbons (Fsp3) is 0.368. The van der Waals surface area contributed by atoms with Gasteiger partial charge in [-0.25, -0.2) is 10.8 Å². The highest BCUT2D eigenvalue weighted by molar-refractivity contribution is 5.96. The van der Waals surface area contributed by atoms with Crippen molar-refractivity contribution in [3.05, 3.63) is 42.2 Å². The fourth-order valence-corrected chi connectivity index (χ4v) is 3.04. The van der Waals surface area contributed by atoms with Crippen molar-refractivity contribution in [2.45, 2.75) is 13.0 Å². The molecule has 1 aromatic carbocycles. The summed E-state index contributed by atoms with van der Waals surface area (Å²) in [5, 5.41) is 6.22. The molecule has 0 unspecified atom stereocenters. The van der Waals surface area contributed by atoms with Crippen molar-refractivity contribution < 1.29 is 9.53 Å². The van der Waals surface area contributed by atoms with Gasteiger partial charge in [0.1, 0.15) is 5.82 Å². The van der Waals surface area contributed by atoms with E-state index in [1.54, 1.807) is 19.4 Å². The lowest BCUT2D eigenvalue weighted by Crippen LogP contribution is -2.47. The Morgan fingerprint density at radius 3 is 2.78 bits per heavy atom. The Morgan fingerprint density at radius 2 is 2.07 bits per heavy atom. The molecule has 3 rings (SSSR count). The number of aromatic nitrogens is 1. The second-order valence-corrected chi connectivity index (χ2v) is 6.69. The standard InChI is InChI=1S/C19H26N6O2/c1-13(25-5-7-27-8-6-25)19(26)23-18-10-16-9-14(17(20)12-24(2)21)3-4-15(16)11-22-18/h3-4,9-13H,5-8,20-21H2,1-2H3,(H,22,23,26)/b17-12-/t13-/m0/s1. The van der Waals surface area contributed by atoms with Gasteiger partial charge >= 0.3 is 0 Å².